The maximum absolute atomic E-state index is 5.44. The van der Waals surface area contributed by atoms with Crippen LogP contribution in [0.25, 0.3) is 0 Å². The average molecular weight is 205 g/mol. The highest BCUT2D eigenvalue weighted by Crippen LogP contribution is 2.07. The Morgan fingerprint density at radius 3 is 2.73 bits per heavy atom. The van der Waals surface area contributed by atoms with E-state index in [-0.39, 0.29) is 0 Å². The van der Waals surface area contributed by atoms with Gasteiger partial charge in [0.15, 0.2) is 0 Å². The summed E-state index contributed by atoms with van der Waals surface area (Å²) >= 11 is 0. The van der Waals surface area contributed by atoms with E-state index in [4.69, 9.17) is 5.73 Å². The molecule has 15 heavy (non-hydrogen) atoms. The lowest BCUT2D eigenvalue weighted by Gasteiger charge is -2.00. The fraction of sp³-hybridized carbons (Fsp3) is 0.583. The minimum absolute atomic E-state index is 0.773. The van der Waals surface area contributed by atoms with Crippen LogP contribution in [0.2, 0.25) is 0 Å². The van der Waals surface area contributed by atoms with E-state index >= 15 is 0 Å². The van der Waals surface area contributed by atoms with E-state index in [1.54, 1.807) is 0 Å². The van der Waals surface area contributed by atoms with Crippen molar-refractivity contribution in [1.82, 2.24) is 0 Å². The van der Waals surface area contributed by atoms with Gasteiger partial charge in [0.2, 0.25) is 0 Å². The monoisotopic (exact) mass is 205 g/mol. The molecule has 0 saturated carbocycles. The largest absolute Gasteiger partial charge is 0.330 e. The van der Waals surface area contributed by atoms with Crippen molar-refractivity contribution in [3.8, 4) is 0 Å². The summed E-state index contributed by atoms with van der Waals surface area (Å²) < 4.78 is 0. The van der Waals surface area contributed by atoms with Gasteiger partial charge in [-0.1, -0.05) is 12.2 Å². The Morgan fingerprint density at radius 1 is 1.20 bits per heavy atom. The lowest BCUT2D eigenvalue weighted by atomic mass is 10.2. The molecule has 0 spiro atoms. The summed E-state index contributed by atoms with van der Waals surface area (Å²) in [6.07, 6.45) is 6.17. The first-order valence-electron chi connectivity index (χ1n) is 5.48. The van der Waals surface area contributed by atoms with E-state index in [2.05, 4.69) is 15.7 Å². The summed E-state index contributed by atoms with van der Waals surface area (Å²) in [4.78, 5) is 8.82. The minimum atomic E-state index is 0.773. The third-order valence-electron chi connectivity index (χ3n) is 2.20. The SMILES string of the molecule is CC1=C=CC(C)=NC(CCCCCN)=N1. The molecule has 1 aliphatic heterocycles. The molecule has 0 radical (unpaired) electrons. The molecule has 2 N–H and O–H groups in total. The van der Waals surface area contributed by atoms with E-state index in [9.17, 15) is 0 Å². The molecule has 82 valence electrons. The predicted molar refractivity (Wildman–Crippen MR) is 65.3 cm³/mol. The zero-order valence-electron chi connectivity index (χ0n) is 9.58. The van der Waals surface area contributed by atoms with Crippen LogP contribution in [-0.4, -0.2) is 18.1 Å². The van der Waals surface area contributed by atoms with Crippen molar-refractivity contribution >= 4 is 11.5 Å². The van der Waals surface area contributed by atoms with Crippen molar-refractivity contribution in [3.05, 3.63) is 17.5 Å². The lowest BCUT2D eigenvalue weighted by molar-refractivity contribution is 0.703. The molecule has 1 aliphatic rings. The molecule has 0 fully saturated rings. The molecule has 1 rings (SSSR count). The van der Waals surface area contributed by atoms with Crippen LogP contribution in [0, 0.1) is 0 Å². The Morgan fingerprint density at radius 2 is 2.00 bits per heavy atom. The van der Waals surface area contributed by atoms with Gasteiger partial charge >= 0.3 is 0 Å². The van der Waals surface area contributed by atoms with Crippen LogP contribution in [-0.2, 0) is 0 Å². The summed E-state index contributed by atoms with van der Waals surface area (Å²) in [5.41, 5.74) is 10.4. The molecular formula is C12H19N3. The van der Waals surface area contributed by atoms with E-state index < -0.39 is 0 Å². The molecule has 0 atom stereocenters. The van der Waals surface area contributed by atoms with Crippen LogP contribution in [0.3, 0.4) is 0 Å². The topological polar surface area (TPSA) is 50.7 Å². The van der Waals surface area contributed by atoms with Crippen molar-refractivity contribution in [1.29, 1.82) is 0 Å². The molecule has 0 amide bonds. The number of hydrogen-bond donors (Lipinski definition) is 1. The normalized spacial score (nSPS) is 15.5. The third kappa shape index (κ3) is 4.73. The molecule has 1 heterocycles. The van der Waals surface area contributed by atoms with Gasteiger partial charge in [0.05, 0.1) is 5.70 Å². The first-order chi connectivity index (χ1) is 7.22. The number of nitrogens with two attached hydrogens (primary N) is 1. The van der Waals surface area contributed by atoms with Gasteiger partial charge in [-0.15, -0.1) is 0 Å². The fourth-order valence-electron chi connectivity index (χ4n) is 1.41. The van der Waals surface area contributed by atoms with E-state index in [0.717, 1.165) is 49.5 Å². The first-order valence-corrected chi connectivity index (χ1v) is 5.48. The number of allylic oxidation sites excluding steroid dienone is 1. The van der Waals surface area contributed by atoms with Crippen LogP contribution < -0.4 is 5.73 Å². The van der Waals surface area contributed by atoms with Crippen LogP contribution in [0.5, 0.6) is 0 Å². The van der Waals surface area contributed by atoms with Crippen molar-refractivity contribution in [2.24, 2.45) is 15.7 Å². The summed E-state index contributed by atoms with van der Waals surface area (Å²) in [6, 6.07) is 0. The van der Waals surface area contributed by atoms with Crippen molar-refractivity contribution in [2.45, 2.75) is 39.5 Å². The summed E-state index contributed by atoms with van der Waals surface area (Å²) in [5, 5.41) is 0. The minimum Gasteiger partial charge on any atom is -0.330 e. The molecule has 0 aliphatic carbocycles. The molecule has 3 nitrogen and oxygen atoms in total. The van der Waals surface area contributed by atoms with Gasteiger partial charge in [-0.25, -0.2) is 9.98 Å². The zero-order chi connectivity index (χ0) is 11.1. The van der Waals surface area contributed by atoms with E-state index in [1.165, 1.54) is 0 Å². The molecule has 0 aromatic rings. The van der Waals surface area contributed by atoms with Gasteiger partial charge in [0.1, 0.15) is 5.84 Å². The van der Waals surface area contributed by atoms with E-state index in [1.807, 2.05) is 19.9 Å². The second-order valence-corrected chi connectivity index (χ2v) is 3.75. The number of amidine groups is 1. The van der Waals surface area contributed by atoms with Crippen molar-refractivity contribution < 1.29 is 0 Å². The average Bonchev–Trinajstić information content (AvgIpc) is 2.36. The Balaban J connectivity index is 2.48. The van der Waals surface area contributed by atoms with Crippen LogP contribution >= 0.6 is 0 Å². The summed E-state index contributed by atoms with van der Waals surface area (Å²) in [5.74, 6) is 0.920. The molecule has 0 saturated heterocycles. The standard InChI is InChI=1S/C12H19N3/c1-10-7-8-11(2)15-12(14-10)6-4-3-5-9-13/h7H,3-6,9,13H2,1-2H3. The molecule has 0 aromatic carbocycles. The van der Waals surface area contributed by atoms with Gasteiger partial charge in [0.25, 0.3) is 0 Å². The molecular weight excluding hydrogens is 186 g/mol. The van der Waals surface area contributed by atoms with Gasteiger partial charge in [0, 0.05) is 18.2 Å². The fourth-order valence-corrected chi connectivity index (χ4v) is 1.41. The van der Waals surface area contributed by atoms with Gasteiger partial charge < -0.3 is 5.73 Å². The zero-order valence-corrected chi connectivity index (χ0v) is 9.58. The van der Waals surface area contributed by atoms with Gasteiger partial charge in [-0.05, 0) is 33.2 Å². The second-order valence-electron chi connectivity index (χ2n) is 3.75. The Labute approximate surface area is 91.5 Å². The van der Waals surface area contributed by atoms with Crippen molar-refractivity contribution in [3.63, 3.8) is 0 Å². The molecule has 0 bridgehead atoms. The van der Waals surface area contributed by atoms with Crippen LogP contribution in [0.15, 0.2) is 27.5 Å². The van der Waals surface area contributed by atoms with Crippen molar-refractivity contribution in [2.75, 3.05) is 6.54 Å². The van der Waals surface area contributed by atoms with E-state index in [0.29, 0.717) is 0 Å². The third-order valence-corrected chi connectivity index (χ3v) is 2.20. The number of hydrogen-bond acceptors (Lipinski definition) is 3. The number of rotatable bonds is 5. The predicted octanol–water partition coefficient (Wildman–Crippen LogP) is 2.44. The van der Waals surface area contributed by atoms with Crippen LogP contribution in [0.4, 0.5) is 0 Å². The maximum Gasteiger partial charge on any atom is 0.129 e. The second kappa shape index (κ2) is 6.33. The lowest BCUT2D eigenvalue weighted by Crippen LogP contribution is -2.00. The Bertz CT molecular complexity index is 331. The number of aliphatic imine (C=N–C) groups is 2. The highest BCUT2D eigenvalue weighted by molar-refractivity contribution is 6.03. The smallest absolute Gasteiger partial charge is 0.129 e. The number of nitrogens with zero attached hydrogens (tertiary/aromatic N) is 2. The highest BCUT2D eigenvalue weighted by Gasteiger charge is 2.01. The summed E-state index contributed by atoms with van der Waals surface area (Å²) in [6.45, 7) is 4.70. The molecule has 3 heteroatoms. The van der Waals surface area contributed by atoms with Crippen LogP contribution in [0.1, 0.15) is 39.5 Å². The Hall–Kier alpha value is -1.18. The number of unbranched alkanes of at least 4 members (excludes halogenated alkanes) is 2. The Kier molecular flexibility index (Phi) is 5.02. The maximum atomic E-state index is 5.44. The van der Waals surface area contributed by atoms with Gasteiger partial charge in [-0.3, -0.25) is 0 Å². The van der Waals surface area contributed by atoms with Gasteiger partial charge in [-0.2, -0.15) is 0 Å². The summed E-state index contributed by atoms with van der Waals surface area (Å²) in [7, 11) is 0. The highest BCUT2D eigenvalue weighted by atomic mass is 14.9. The quantitative estimate of drug-likeness (QED) is 0.544. The molecule has 0 aromatic heterocycles. The first kappa shape index (κ1) is 11.9. The molecule has 0 unspecified atom stereocenters.